The highest BCUT2D eigenvalue weighted by molar-refractivity contribution is 6.31. The molecule has 1 aromatic carbocycles. The molecule has 78 valence electrons. The summed E-state index contributed by atoms with van der Waals surface area (Å²) in [5.74, 6) is 0.292. The van der Waals surface area contributed by atoms with Crippen LogP contribution in [0.3, 0.4) is 0 Å². The van der Waals surface area contributed by atoms with Crippen LogP contribution in [0.25, 0.3) is 11.1 Å². The molecule has 1 heterocycles. The van der Waals surface area contributed by atoms with Crippen LogP contribution in [0.2, 0.25) is 5.02 Å². The van der Waals surface area contributed by atoms with Crippen LogP contribution in [0.5, 0.6) is 0 Å². The van der Waals surface area contributed by atoms with Crippen LogP contribution in [0, 0.1) is 10.1 Å². The average molecular weight is 247 g/mol. The summed E-state index contributed by atoms with van der Waals surface area (Å²) < 4.78 is 5.12. The first-order valence-corrected chi connectivity index (χ1v) is 4.82. The lowest BCUT2D eigenvalue weighted by atomic mass is 10.3. The zero-order valence-corrected chi connectivity index (χ0v) is 8.75. The molecule has 0 aliphatic heterocycles. The Hall–Kier alpha value is -1.33. The summed E-state index contributed by atoms with van der Waals surface area (Å²) in [6.07, 6.45) is 0. The minimum absolute atomic E-state index is 0.0590. The molecule has 2 rings (SSSR count). The fourth-order valence-electron chi connectivity index (χ4n) is 1.22. The van der Waals surface area contributed by atoms with E-state index >= 15 is 0 Å². The van der Waals surface area contributed by atoms with Crippen LogP contribution < -0.4 is 0 Å². The molecule has 0 atom stereocenters. The van der Waals surface area contributed by atoms with E-state index in [1.54, 1.807) is 0 Å². The predicted octanol–water partition coefficient (Wildman–Crippen LogP) is 3.13. The lowest BCUT2D eigenvalue weighted by Crippen LogP contribution is -1.88. The van der Waals surface area contributed by atoms with Crippen molar-refractivity contribution in [3.63, 3.8) is 0 Å². The van der Waals surface area contributed by atoms with Gasteiger partial charge in [-0.3, -0.25) is 10.1 Å². The van der Waals surface area contributed by atoms with E-state index in [-0.39, 0.29) is 28.1 Å². The molecule has 0 unspecified atom stereocenters. The molecule has 5 nitrogen and oxygen atoms in total. The summed E-state index contributed by atoms with van der Waals surface area (Å²) in [6.45, 7) is 0. The smallest absolute Gasteiger partial charge is 0.315 e. The number of hydrogen-bond donors (Lipinski definition) is 0. The number of oxazole rings is 1. The van der Waals surface area contributed by atoms with Crippen molar-refractivity contribution in [2.75, 3.05) is 0 Å². The second kappa shape index (κ2) is 3.67. The molecule has 0 saturated carbocycles. The second-order valence-corrected chi connectivity index (χ2v) is 3.48. The number of nitro benzene ring substituents is 1. The van der Waals surface area contributed by atoms with E-state index in [1.165, 1.54) is 12.1 Å². The van der Waals surface area contributed by atoms with Gasteiger partial charge in [0, 0.05) is 11.1 Å². The van der Waals surface area contributed by atoms with Crippen LogP contribution in [0.4, 0.5) is 5.69 Å². The fourth-order valence-corrected chi connectivity index (χ4v) is 1.54. The molecule has 0 fully saturated rings. The molecule has 2 aromatic rings. The van der Waals surface area contributed by atoms with Gasteiger partial charge in [0.05, 0.1) is 10.8 Å². The van der Waals surface area contributed by atoms with Gasteiger partial charge in [0.15, 0.2) is 0 Å². The Kier molecular flexibility index (Phi) is 2.50. The normalized spacial score (nSPS) is 10.8. The Balaban J connectivity index is 2.77. The van der Waals surface area contributed by atoms with Gasteiger partial charge in [-0.1, -0.05) is 11.6 Å². The first kappa shape index (κ1) is 10.2. The van der Waals surface area contributed by atoms with Crippen molar-refractivity contribution in [3.8, 4) is 0 Å². The third-order valence-corrected chi connectivity index (χ3v) is 2.24. The molecule has 0 radical (unpaired) electrons. The van der Waals surface area contributed by atoms with Gasteiger partial charge in [0.25, 0.3) is 0 Å². The summed E-state index contributed by atoms with van der Waals surface area (Å²) >= 11 is 11.2. The molecule has 0 spiro atoms. The Morgan fingerprint density at radius 3 is 2.87 bits per heavy atom. The van der Waals surface area contributed by atoms with Gasteiger partial charge < -0.3 is 4.42 Å². The maximum absolute atomic E-state index is 10.7. The number of aromatic nitrogens is 1. The van der Waals surface area contributed by atoms with E-state index < -0.39 is 4.92 Å². The largest absolute Gasteiger partial charge is 0.432 e. The molecule has 0 N–H and O–H groups in total. The predicted molar refractivity (Wildman–Crippen MR) is 55.2 cm³/mol. The minimum Gasteiger partial charge on any atom is -0.432 e. The Labute approximate surface area is 93.8 Å². The summed E-state index contributed by atoms with van der Waals surface area (Å²) in [6, 6.07) is 2.70. The van der Waals surface area contributed by atoms with E-state index in [0.717, 1.165) is 0 Å². The topological polar surface area (TPSA) is 69.2 Å². The molecular weight excluding hydrogens is 243 g/mol. The zero-order chi connectivity index (χ0) is 11.0. The summed E-state index contributed by atoms with van der Waals surface area (Å²) in [5.41, 5.74) is 0.228. The molecule has 7 heteroatoms. The van der Waals surface area contributed by atoms with Crippen LogP contribution >= 0.6 is 23.2 Å². The first-order chi connectivity index (χ1) is 7.11. The van der Waals surface area contributed by atoms with Gasteiger partial charge >= 0.3 is 5.69 Å². The number of nitro groups is 1. The summed E-state index contributed by atoms with van der Waals surface area (Å²) in [4.78, 5) is 14.1. The number of non-ortho nitro benzene ring substituents is 1. The number of rotatable bonds is 2. The SMILES string of the molecule is O=[N+]([O-])c1cc(Cl)cc2nc(CCl)oc12. The number of hydrogen-bond acceptors (Lipinski definition) is 4. The molecule has 0 amide bonds. The highest BCUT2D eigenvalue weighted by Gasteiger charge is 2.19. The third kappa shape index (κ3) is 1.75. The van der Waals surface area contributed by atoms with Crippen molar-refractivity contribution < 1.29 is 9.34 Å². The number of halogens is 2. The molecular formula is C8H4Cl2N2O3. The lowest BCUT2D eigenvalue weighted by molar-refractivity contribution is -0.383. The van der Waals surface area contributed by atoms with E-state index in [1.807, 2.05) is 0 Å². The highest BCUT2D eigenvalue weighted by Crippen LogP contribution is 2.30. The summed E-state index contributed by atoms with van der Waals surface area (Å²) in [7, 11) is 0. The number of nitrogens with zero attached hydrogens (tertiary/aromatic N) is 2. The lowest BCUT2D eigenvalue weighted by Gasteiger charge is -1.92. The maximum Gasteiger partial charge on any atom is 0.315 e. The molecule has 0 aliphatic rings. The van der Waals surface area contributed by atoms with Gasteiger partial charge in [0.1, 0.15) is 5.52 Å². The Morgan fingerprint density at radius 2 is 2.27 bits per heavy atom. The average Bonchev–Trinajstić information content (AvgIpc) is 2.58. The van der Waals surface area contributed by atoms with Crippen molar-refractivity contribution in [1.29, 1.82) is 0 Å². The van der Waals surface area contributed by atoms with Gasteiger partial charge in [-0.05, 0) is 6.07 Å². The molecule has 0 aliphatic carbocycles. The van der Waals surface area contributed by atoms with Crippen LogP contribution in [-0.4, -0.2) is 9.91 Å². The third-order valence-electron chi connectivity index (χ3n) is 1.79. The van der Waals surface area contributed by atoms with E-state index in [0.29, 0.717) is 5.52 Å². The maximum atomic E-state index is 10.7. The van der Waals surface area contributed by atoms with E-state index in [4.69, 9.17) is 27.6 Å². The van der Waals surface area contributed by atoms with Crippen molar-refractivity contribution in [2.24, 2.45) is 0 Å². The monoisotopic (exact) mass is 246 g/mol. The quantitative estimate of drug-likeness (QED) is 0.464. The minimum atomic E-state index is -0.572. The van der Waals surface area contributed by atoms with Gasteiger partial charge in [0.2, 0.25) is 11.5 Å². The van der Waals surface area contributed by atoms with E-state index in [2.05, 4.69) is 4.98 Å². The number of benzene rings is 1. The number of fused-ring (bicyclic) bond motifs is 1. The van der Waals surface area contributed by atoms with Crippen LogP contribution in [0.15, 0.2) is 16.5 Å². The van der Waals surface area contributed by atoms with Crippen LogP contribution in [-0.2, 0) is 5.88 Å². The van der Waals surface area contributed by atoms with Crippen LogP contribution in [0.1, 0.15) is 5.89 Å². The second-order valence-electron chi connectivity index (χ2n) is 2.77. The molecule has 0 bridgehead atoms. The van der Waals surface area contributed by atoms with Gasteiger partial charge in [-0.2, -0.15) is 0 Å². The van der Waals surface area contributed by atoms with Crippen molar-refractivity contribution >= 4 is 40.0 Å². The summed E-state index contributed by atoms with van der Waals surface area (Å²) in [5, 5.41) is 10.9. The van der Waals surface area contributed by atoms with Crippen molar-refractivity contribution in [3.05, 3.63) is 33.2 Å². The fraction of sp³-hybridized carbons (Fsp3) is 0.125. The molecule has 1 aromatic heterocycles. The first-order valence-electron chi connectivity index (χ1n) is 3.91. The van der Waals surface area contributed by atoms with Gasteiger partial charge in [-0.25, -0.2) is 4.98 Å². The highest BCUT2D eigenvalue weighted by atomic mass is 35.5. The zero-order valence-electron chi connectivity index (χ0n) is 7.24. The Morgan fingerprint density at radius 1 is 1.53 bits per heavy atom. The van der Waals surface area contributed by atoms with Crippen molar-refractivity contribution in [1.82, 2.24) is 4.98 Å². The Bertz CT molecular complexity index is 538. The van der Waals surface area contributed by atoms with Crippen molar-refractivity contribution in [2.45, 2.75) is 5.88 Å². The standard InChI is InChI=1S/C8H4Cl2N2O3/c9-3-7-11-5-1-4(10)2-6(12(13)14)8(5)15-7/h1-2H,3H2. The van der Waals surface area contributed by atoms with Gasteiger partial charge in [-0.15, -0.1) is 11.6 Å². The number of alkyl halides is 1. The van der Waals surface area contributed by atoms with E-state index in [9.17, 15) is 10.1 Å². The molecule has 0 saturated heterocycles. The molecule has 15 heavy (non-hydrogen) atoms.